The van der Waals surface area contributed by atoms with Crippen LogP contribution >= 0.6 is 0 Å². The summed E-state index contributed by atoms with van der Waals surface area (Å²) in [7, 11) is 0. The number of nitrogens with one attached hydrogen (secondary N) is 1. The minimum atomic E-state index is -0.755. The molecule has 4 nitrogen and oxygen atoms in total. The molecule has 0 bridgehead atoms. The summed E-state index contributed by atoms with van der Waals surface area (Å²) >= 11 is 0. The number of hydrogen-bond donors (Lipinski definition) is 1. The topological polar surface area (TPSA) is 41.6 Å². The van der Waals surface area contributed by atoms with Crippen molar-refractivity contribution in [1.29, 1.82) is 0 Å². The number of fused-ring (bicyclic) bond motifs is 1. The lowest BCUT2D eigenvalue weighted by molar-refractivity contribution is 0.0502. The Kier molecular flexibility index (Phi) is 5.49. The quantitative estimate of drug-likeness (QED) is 0.580. The van der Waals surface area contributed by atoms with E-state index < -0.39 is 5.66 Å². The molecule has 4 heteroatoms. The summed E-state index contributed by atoms with van der Waals surface area (Å²) in [6.07, 6.45) is 0. The van der Waals surface area contributed by atoms with Gasteiger partial charge < -0.3 is 15.0 Å². The second kappa shape index (κ2) is 8.23. The van der Waals surface area contributed by atoms with Crippen LogP contribution in [-0.4, -0.2) is 17.4 Å². The highest BCUT2D eigenvalue weighted by Gasteiger charge is 2.44. The molecule has 0 aromatic heterocycles. The summed E-state index contributed by atoms with van der Waals surface area (Å²) in [5, 5.41) is 3.64. The number of anilines is 1. The normalized spacial score (nSPS) is 18.1. The average molecular weight is 401 g/mol. The molecule has 1 amide bonds. The number of benzene rings is 3. The van der Waals surface area contributed by atoms with Crippen LogP contribution < -0.4 is 10.1 Å². The molecule has 0 saturated heterocycles. The van der Waals surface area contributed by atoms with Crippen LogP contribution in [0.25, 0.3) is 0 Å². The van der Waals surface area contributed by atoms with E-state index in [2.05, 4.69) is 38.2 Å². The van der Waals surface area contributed by atoms with Crippen molar-refractivity contribution in [3.63, 3.8) is 0 Å². The van der Waals surface area contributed by atoms with E-state index in [1.807, 2.05) is 71.6 Å². The van der Waals surface area contributed by atoms with Crippen LogP contribution in [0.3, 0.4) is 0 Å². The van der Waals surface area contributed by atoms with E-state index in [1.165, 1.54) is 0 Å². The molecule has 1 heterocycles. The van der Waals surface area contributed by atoms with Crippen molar-refractivity contribution in [3.8, 4) is 5.75 Å². The van der Waals surface area contributed by atoms with Crippen LogP contribution in [0, 0.1) is 5.92 Å². The third-order valence-corrected chi connectivity index (χ3v) is 5.49. The molecule has 1 N–H and O–H groups in total. The van der Waals surface area contributed by atoms with Crippen molar-refractivity contribution in [2.75, 3.05) is 11.9 Å². The van der Waals surface area contributed by atoms with Gasteiger partial charge in [-0.25, -0.2) is 0 Å². The summed E-state index contributed by atoms with van der Waals surface area (Å²) < 4.78 is 6.16. The van der Waals surface area contributed by atoms with E-state index in [0.717, 1.165) is 22.6 Å². The number of amides is 1. The van der Waals surface area contributed by atoms with Crippen molar-refractivity contribution >= 4 is 11.6 Å². The largest absolute Gasteiger partial charge is 0.493 e. The first-order valence-electron chi connectivity index (χ1n) is 10.4. The zero-order valence-corrected chi connectivity index (χ0v) is 17.8. The van der Waals surface area contributed by atoms with E-state index in [9.17, 15) is 4.79 Å². The lowest BCUT2D eigenvalue weighted by atomic mass is 9.92. The number of carbonyl (C=O) groups is 1. The molecule has 1 aliphatic rings. The van der Waals surface area contributed by atoms with E-state index in [-0.39, 0.29) is 5.91 Å². The second-order valence-electron chi connectivity index (χ2n) is 8.32. The van der Waals surface area contributed by atoms with Crippen molar-refractivity contribution in [2.24, 2.45) is 5.92 Å². The first-order chi connectivity index (χ1) is 14.5. The van der Waals surface area contributed by atoms with Gasteiger partial charge in [0.05, 0.1) is 12.2 Å². The first-order valence-corrected chi connectivity index (χ1v) is 10.4. The molecule has 3 aromatic rings. The van der Waals surface area contributed by atoms with Crippen molar-refractivity contribution in [1.82, 2.24) is 4.90 Å². The van der Waals surface area contributed by atoms with Crippen molar-refractivity contribution in [3.05, 3.63) is 95.6 Å². The van der Waals surface area contributed by atoms with Gasteiger partial charge in [0.2, 0.25) is 0 Å². The van der Waals surface area contributed by atoms with Gasteiger partial charge in [-0.1, -0.05) is 74.5 Å². The zero-order valence-electron chi connectivity index (χ0n) is 17.8. The van der Waals surface area contributed by atoms with Crippen LogP contribution in [0.15, 0.2) is 78.9 Å². The van der Waals surface area contributed by atoms with Gasteiger partial charge in [0.15, 0.2) is 0 Å². The average Bonchev–Trinajstić information content (AvgIpc) is 2.76. The summed E-state index contributed by atoms with van der Waals surface area (Å²) in [4.78, 5) is 15.5. The van der Waals surface area contributed by atoms with E-state index >= 15 is 0 Å². The van der Waals surface area contributed by atoms with Gasteiger partial charge in [-0.05, 0) is 36.6 Å². The van der Waals surface area contributed by atoms with Crippen LogP contribution in [-0.2, 0) is 12.2 Å². The SMILES string of the molecule is CC(C)COc1ccccc1C1(C)Nc2ccccc2C(=O)N1Cc1ccccc1. The Bertz CT molecular complexity index is 1030. The Hall–Kier alpha value is -3.27. The Labute approximate surface area is 178 Å². The third-order valence-electron chi connectivity index (χ3n) is 5.49. The van der Waals surface area contributed by atoms with E-state index in [4.69, 9.17) is 4.74 Å². The fourth-order valence-corrected chi connectivity index (χ4v) is 3.92. The zero-order chi connectivity index (χ0) is 21.1. The predicted octanol–water partition coefficient (Wildman–Crippen LogP) is 5.66. The maximum atomic E-state index is 13.6. The smallest absolute Gasteiger partial charge is 0.258 e. The van der Waals surface area contributed by atoms with Crippen LogP contribution in [0.5, 0.6) is 5.75 Å². The Balaban J connectivity index is 1.81. The van der Waals surface area contributed by atoms with E-state index in [0.29, 0.717) is 24.6 Å². The summed E-state index contributed by atoms with van der Waals surface area (Å²) in [5.41, 5.74) is 2.80. The van der Waals surface area contributed by atoms with Gasteiger partial charge >= 0.3 is 0 Å². The minimum absolute atomic E-state index is 0.00867. The van der Waals surface area contributed by atoms with Gasteiger partial charge in [-0.3, -0.25) is 4.79 Å². The maximum Gasteiger partial charge on any atom is 0.258 e. The number of rotatable bonds is 6. The van der Waals surface area contributed by atoms with Crippen molar-refractivity contribution in [2.45, 2.75) is 33.0 Å². The highest BCUT2D eigenvalue weighted by molar-refractivity contribution is 6.02. The minimum Gasteiger partial charge on any atom is -0.493 e. The van der Waals surface area contributed by atoms with Gasteiger partial charge in [0, 0.05) is 17.8 Å². The third kappa shape index (κ3) is 3.78. The Morgan fingerprint density at radius 3 is 2.37 bits per heavy atom. The highest BCUT2D eigenvalue weighted by Crippen LogP contribution is 2.42. The number of hydrogen-bond acceptors (Lipinski definition) is 3. The predicted molar refractivity (Wildman–Crippen MR) is 121 cm³/mol. The summed E-state index contributed by atoms with van der Waals surface area (Å²) in [6, 6.07) is 25.8. The van der Waals surface area contributed by atoms with E-state index in [1.54, 1.807) is 0 Å². The molecule has 1 unspecified atom stereocenters. The molecule has 30 heavy (non-hydrogen) atoms. The molecule has 1 atom stereocenters. The fraction of sp³-hybridized carbons (Fsp3) is 0.269. The van der Waals surface area contributed by atoms with Crippen LogP contribution in [0.4, 0.5) is 5.69 Å². The number of nitrogens with zero attached hydrogens (tertiary/aromatic N) is 1. The lowest BCUT2D eigenvalue weighted by Gasteiger charge is -2.47. The van der Waals surface area contributed by atoms with Crippen molar-refractivity contribution < 1.29 is 9.53 Å². The summed E-state index contributed by atoms with van der Waals surface area (Å²) in [6.45, 7) is 7.43. The molecule has 0 fully saturated rings. The van der Waals surface area contributed by atoms with Gasteiger partial charge in [-0.15, -0.1) is 0 Å². The molecular weight excluding hydrogens is 372 g/mol. The number of carbonyl (C=O) groups excluding carboxylic acids is 1. The van der Waals surface area contributed by atoms with Crippen LogP contribution in [0.1, 0.15) is 42.3 Å². The lowest BCUT2D eigenvalue weighted by Crippen LogP contribution is -2.55. The first kappa shape index (κ1) is 20.0. The monoisotopic (exact) mass is 400 g/mol. The van der Waals surface area contributed by atoms with Gasteiger partial charge in [-0.2, -0.15) is 0 Å². The molecular formula is C26H28N2O2. The van der Waals surface area contributed by atoms with Crippen LogP contribution in [0.2, 0.25) is 0 Å². The Morgan fingerprint density at radius 2 is 1.60 bits per heavy atom. The molecule has 4 rings (SSSR count). The number of para-hydroxylation sites is 2. The standard InChI is InChI=1S/C26H28N2O2/c1-19(2)18-30-24-16-10-8-14-22(24)26(3)27-23-15-9-7-13-21(23)25(29)28(26)17-20-11-5-4-6-12-20/h4-16,19,27H,17-18H2,1-3H3. The molecule has 154 valence electrons. The second-order valence-corrected chi connectivity index (χ2v) is 8.32. The van der Waals surface area contributed by atoms with Gasteiger partial charge in [0.25, 0.3) is 5.91 Å². The molecule has 0 saturated carbocycles. The molecule has 0 aliphatic carbocycles. The fourth-order valence-electron chi connectivity index (χ4n) is 3.92. The molecule has 0 spiro atoms. The molecule has 3 aromatic carbocycles. The molecule has 1 aliphatic heterocycles. The van der Waals surface area contributed by atoms with Gasteiger partial charge in [0.1, 0.15) is 11.4 Å². The number of ether oxygens (including phenoxy) is 1. The molecule has 0 radical (unpaired) electrons. The Morgan fingerprint density at radius 1 is 0.933 bits per heavy atom. The highest BCUT2D eigenvalue weighted by atomic mass is 16.5. The maximum absolute atomic E-state index is 13.6. The summed E-state index contributed by atoms with van der Waals surface area (Å²) in [5.74, 6) is 1.22.